The zero-order chi connectivity index (χ0) is 17.0. The van der Waals surface area contributed by atoms with E-state index in [0.717, 1.165) is 5.75 Å². The maximum atomic E-state index is 2.53. The van der Waals surface area contributed by atoms with Crippen LogP contribution in [0.25, 0.3) is 0 Å². The third-order valence-electron chi connectivity index (χ3n) is 6.34. The molecule has 1 saturated carbocycles. The summed E-state index contributed by atoms with van der Waals surface area (Å²) in [4.78, 5) is 0. The van der Waals surface area contributed by atoms with Gasteiger partial charge in [0.05, 0.1) is 0 Å². The van der Waals surface area contributed by atoms with Crippen molar-refractivity contribution in [1.82, 2.24) is 0 Å². The van der Waals surface area contributed by atoms with Crippen molar-refractivity contribution in [2.24, 2.45) is 5.41 Å². The Morgan fingerprint density at radius 2 is 1.54 bits per heavy atom. The molecule has 0 bridgehead atoms. The fourth-order valence-corrected chi connectivity index (χ4v) is 5.82. The van der Waals surface area contributed by atoms with E-state index in [9.17, 15) is 0 Å². The number of hydrogen-bond acceptors (Lipinski definition) is 1. The Morgan fingerprint density at radius 1 is 0.875 bits per heavy atom. The van der Waals surface area contributed by atoms with Gasteiger partial charge in [-0.2, -0.15) is 11.8 Å². The molecule has 2 atom stereocenters. The van der Waals surface area contributed by atoms with Crippen LogP contribution in [0.1, 0.15) is 56.2 Å². The average Bonchev–Trinajstić information content (AvgIpc) is 2.60. The average molecular weight is 339 g/mol. The van der Waals surface area contributed by atoms with Gasteiger partial charge in [0.1, 0.15) is 0 Å². The quantitative estimate of drug-likeness (QED) is 0.580. The Labute approximate surface area is 152 Å². The standard InChI is InChI=1S/C23H30S/c1-19-11-7-8-12-20(19)17-24-18-22(2)15-9-10-16-23(22,3)21-13-5-4-6-14-21/h4-8,11-14H,9-10,15-18H2,1-3H3/t22-,23+/m0/s1. The molecule has 0 amide bonds. The van der Waals surface area contributed by atoms with Crippen LogP contribution in [0.15, 0.2) is 54.6 Å². The molecule has 0 unspecified atom stereocenters. The minimum absolute atomic E-state index is 0.297. The molecular weight excluding hydrogens is 308 g/mol. The van der Waals surface area contributed by atoms with Gasteiger partial charge in [-0.1, -0.05) is 81.3 Å². The van der Waals surface area contributed by atoms with Gasteiger partial charge in [-0.05, 0) is 53.0 Å². The maximum Gasteiger partial charge on any atom is 0.0187 e. The van der Waals surface area contributed by atoms with E-state index in [2.05, 4.69) is 87.1 Å². The lowest BCUT2D eigenvalue weighted by atomic mass is 9.56. The van der Waals surface area contributed by atoms with E-state index in [1.54, 1.807) is 0 Å². The first kappa shape index (κ1) is 17.6. The highest BCUT2D eigenvalue weighted by molar-refractivity contribution is 7.98. The van der Waals surface area contributed by atoms with E-state index in [-0.39, 0.29) is 0 Å². The summed E-state index contributed by atoms with van der Waals surface area (Å²) in [7, 11) is 0. The van der Waals surface area contributed by atoms with E-state index in [1.165, 1.54) is 48.1 Å². The van der Waals surface area contributed by atoms with E-state index in [0.29, 0.717) is 10.8 Å². The van der Waals surface area contributed by atoms with Gasteiger partial charge < -0.3 is 0 Å². The molecule has 1 aliphatic rings. The van der Waals surface area contributed by atoms with Gasteiger partial charge in [0.2, 0.25) is 0 Å². The largest absolute Gasteiger partial charge is 0.157 e. The van der Waals surface area contributed by atoms with Gasteiger partial charge in [0, 0.05) is 5.75 Å². The molecule has 1 fully saturated rings. The molecule has 0 aromatic heterocycles. The van der Waals surface area contributed by atoms with Crippen LogP contribution in [-0.2, 0) is 11.2 Å². The molecular formula is C23H30S. The van der Waals surface area contributed by atoms with Crippen LogP contribution in [0, 0.1) is 12.3 Å². The SMILES string of the molecule is Cc1ccccc1CSC[C@]1(C)CCCC[C@]1(C)c1ccccc1. The topological polar surface area (TPSA) is 0 Å². The number of aryl methyl sites for hydroxylation is 1. The summed E-state index contributed by atoms with van der Waals surface area (Å²) >= 11 is 2.12. The van der Waals surface area contributed by atoms with Crippen molar-refractivity contribution in [3.05, 3.63) is 71.3 Å². The molecule has 24 heavy (non-hydrogen) atoms. The van der Waals surface area contributed by atoms with Crippen molar-refractivity contribution >= 4 is 11.8 Å². The second-order valence-electron chi connectivity index (χ2n) is 7.89. The second-order valence-corrected chi connectivity index (χ2v) is 8.87. The van der Waals surface area contributed by atoms with E-state index >= 15 is 0 Å². The second kappa shape index (κ2) is 7.35. The first-order valence-corrected chi connectivity index (χ1v) is 10.4. The summed E-state index contributed by atoms with van der Waals surface area (Å²) in [6.07, 6.45) is 5.41. The van der Waals surface area contributed by atoms with Crippen LogP contribution in [0.3, 0.4) is 0 Å². The maximum absolute atomic E-state index is 2.53. The molecule has 0 saturated heterocycles. The van der Waals surface area contributed by atoms with Crippen LogP contribution in [0.2, 0.25) is 0 Å². The van der Waals surface area contributed by atoms with Crippen LogP contribution in [-0.4, -0.2) is 5.75 Å². The van der Waals surface area contributed by atoms with Crippen LogP contribution >= 0.6 is 11.8 Å². The van der Waals surface area contributed by atoms with Gasteiger partial charge in [-0.25, -0.2) is 0 Å². The number of rotatable bonds is 5. The van der Waals surface area contributed by atoms with Gasteiger partial charge in [0.15, 0.2) is 0 Å². The Kier molecular flexibility index (Phi) is 5.39. The lowest BCUT2D eigenvalue weighted by molar-refractivity contribution is 0.114. The summed E-state index contributed by atoms with van der Waals surface area (Å²) in [6, 6.07) is 20.0. The van der Waals surface area contributed by atoms with Crippen LogP contribution in [0.4, 0.5) is 0 Å². The van der Waals surface area contributed by atoms with E-state index in [4.69, 9.17) is 0 Å². The summed E-state index contributed by atoms with van der Waals surface area (Å²) in [5, 5.41) is 0. The summed E-state index contributed by atoms with van der Waals surface area (Å²) < 4.78 is 0. The highest BCUT2D eigenvalue weighted by atomic mass is 32.2. The summed E-state index contributed by atoms with van der Waals surface area (Å²) in [6.45, 7) is 7.27. The van der Waals surface area contributed by atoms with E-state index < -0.39 is 0 Å². The molecule has 3 rings (SSSR count). The highest BCUT2D eigenvalue weighted by Crippen LogP contribution is 2.53. The number of thioether (sulfide) groups is 1. The summed E-state index contributed by atoms with van der Waals surface area (Å²) in [5.41, 5.74) is 5.11. The zero-order valence-corrected chi connectivity index (χ0v) is 16.2. The number of benzene rings is 2. The predicted octanol–water partition coefficient (Wildman–Crippen LogP) is 6.77. The third-order valence-corrected chi connectivity index (χ3v) is 7.69. The van der Waals surface area contributed by atoms with Crippen molar-refractivity contribution in [1.29, 1.82) is 0 Å². The van der Waals surface area contributed by atoms with Crippen LogP contribution < -0.4 is 0 Å². The smallest absolute Gasteiger partial charge is 0.0187 e. The molecule has 0 spiro atoms. The van der Waals surface area contributed by atoms with Crippen molar-refractivity contribution in [2.45, 2.75) is 57.6 Å². The molecule has 2 aromatic rings. The van der Waals surface area contributed by atoms with Crippen molar-refractivity contribution < 1.29 is 0 Å². The van der Waals surface area contributed by atoms with Gasteiger partial charge in [-0.15, -0.1) is 0 Å². The molecule has 0 heterocycles. The van der Waals surface area contributed by atoms with Gasteiger partial charge in [-0.3, -0.25) is 0 Å². The molecule has 0 radical (unpaired) electrons. The molecule has 0 nitrogen and oxygen atoms in total. The van der Waals surface area contributed by atoms with Crippen molar-refractivity contribution in [3.8, 4) is 0 Å². The van der Waals surface area contributed by atoms with Crippen molar-refractivity contribution in [3.63, 3.8) is 0 Å². The fourth-order valence-electron chi connectivity index (χ4n) is 4.26. The van der Waals surface area contributed by atoms with Crippen molar-refractivity contribution in [2.75, 3.05) is 5.75 Å². The first-order valence-electron chi connectivity index (χ1n) is 9.23. The number of hydrogen-bond donors (Lipinski definition) is 0. The Balaban J connectivity index is 1.75. The Morgan fingerprint density at radius 3 is 2.29 bits per heavy atom. The third kappa shape index (κ3) is 3.42. The molecule has 128 valence electrons. The molecule has 1 aliphatic carbocycles. The predicted molar refractivity (Wildman–Crippen MR) is 108 cm³/mol. The Hall–Kier alpha value is -1.21. The monoisotopic (exact) mass is 338 g/mol. The zero-order valence-electron chi connectivity index (χ0n) is 15.3. The first-order chi connectivity index (χ1) is 11.6. The molecule has 2 aromatic carbocycles. The lowest BCUT2D eigenvalue weighted by Gasteiger charge is -2.51. The molecule has 0 N–H and O–H groups in total. The molecule has 0 aliphatic heterocycles. The minimum atomic E-state index is 0.297. The lowest BCUT2D eigenvalue weighted by Crippen LogP contribution is -2.45. The minimum Gasteiger partial charge on any atom is -0.157 e. The van der Waals surface area contributed by atoms with Gasteiger partial charge >= 0.3 is 0 Å². The van der Waals surface area contributed by atoms with E-state index in [1.807, 2.05) is 0 Å². The van der Waals surface area contributed by atoms with Crippen LogP contribution in [0.5, 0.6) is 0 Å². The normalized spacial score (nSPS) is 27.1. The van der Waals surface area contributed by atoms with Gasteiger partial charge in [0.25, 0.3) is 0 Å². The highest BCUT2D eigenvalue weighted by Gasteiger charge is 2.46. The Bertz CT molecular complexity index is 663. The molecule has 1 heteroatoms. The summed E-state index contributed by atoms with van der Waals surface area (Å²) in [5.74, 6) is 2.37. The fraction of sp³-hybridized carbons (Fsp3) is 0.478.